The highest BCUT2D eigenvalue weighted by atomic mass is 19.4. The molecule has 2 aliphatic carbocycles. The highest BCUT2D eigenvalue weighted by Crippen LogP contribution is 2.47. The van der Waals surface area contributed by atoms with Gasteiger partial charge in [0.15, 0.2) is 11.2 Å². The molecule has 4 aliphatic rings. The van der Waals surface area contributed by atoms with Gasteiger partial charge in [0.25, 0.3) is 23.6 Å². The number of rotatable bonds is 15. The van der Waals surface area contributed by atoms with Crippen molar-refractivity contribution < 1.29 is 74.1 Å². The number of carbonyl (C=O) groups is 6. The highest BCUT2D eigenvalue weighted by Gasteiger charge is 2.47. The molecular formula is C51H67F7N4O9. The molecule has 0 radical (unpaired) electrons. The van der Waals surface area contributed by atoms with Crippen LogP contribution in [0.25, 0.3) is 0 Å². The maximum absolute atomic E-state index is 14.2. The summed E-state index contributed by atoms with van der Waals surface area (Å²) in [6.07, 6.45) is -1.57. The summed E-state index contributed by atoms with van der Waals surface area (Å²) < 4.78 is 109. The predicted molar refractivity (Wildman–Crippen MR) is 250 cm³/mol. The van der Waals surface area contributed by atoms with Crippen LogP contribution in [0.5, 0.6) is 11.5 Å². The minimum absolute atomic E-state index is 0.00671. The smallest absolute Gasteiger partial charge is 0.417 e. The van der Waals surface area contributed by atoms with E-state index in [1.54, 1.807) is 27.7 Å². The Morgan fingerprint density at radius 3 is 1.32 bits per heavy atom. The Morgan fingerprint density at radius 1 is 0.634 bits per heavy atom. The molecule has 2 fully saturated rings. The molecular weight excluding hydrogens is 946 g/mol. The zero-order valence-electron chi connectivity index (χ0n) is 41.8. The fraction of sp³-hybridized carbons (Fsp3) is 0.647. The Bertz CT molecular complexity index is 2300. The number of ketones is 1. The van der Waals surface area contributed by atoms with E-state index in [4.69, 9.17) is 14.6 Å². The monoisotopic (exact) mass is 1010 g/mol. The van der Waals surface area contributed by atoms with E-state index in [0.717, 1.165) is 93.4 Å². The van der Waals surface area contributed by atoms with Crippen molar-refractivity contribution in [1.29, 1.82) is 0 Å². The first-order valence-electron chi connectivity index (χ1n) is 24.5. The molecule has 2 saturated carbocycles. The second-order valence-corrected chi connectivity index (χ2v) is 20.3. The van der Waals surface area contributed by atoms with E-state index in [1.165, 1.54) is 42.4 Å². The third-order valence-corrected chi connectivity index (χ3v) is 13.4. The molecule has 71 heavy (non-hydrogen) atoms. The van der Waals surface area contributed by atoms with E-state index in [-0.39, 0.29) is 85.2 Å². The van der Waals surface area contributed by atoms with E-state index in [1.807, 2.05) is 0 Å². The Morgan fingerprint density at radius 2 is 1.00 bits per heavy atom. The standard InChI is InChI=1S/C27H36F4N2O4.C24H31F3N2O5/c1-17(2)33(18-9-6-5-7-10-18)24(35)20-15-22-23(16-21(20)27(29,30)31)37-26(3,4)25(36)32(22)14-12-19(34)11-8-13-28;1-14(2)29(15-8-6-5-7-9-15)21(32)16-12-18-19(13-17(16)24(25,26)27)34-23(3,4)22(33)28(18)11-10-20(30)31/h15-18H,5-14H2,1-4H3;12-15H,5-11H2,1-4H3,(H,30,31). The first-order chi connectivity index (χ1) is 33.0. The van der Waals surface area contributed by atoms with Gasteiger partial charge >= 0.3 is 18.3 Å². The molecule has 0 bridgehead atoms. The van der Waals surface area contributed by atoms with Gasteiger partial charge in [-0.1, -0.05) is 38.5 Å². The van der Waals surface area contributed by atoms with Crippen LogP contribution in [-0.2, 0) is 31.5 Å². The number of benzene rings is 2. The van der Waals surface area contributed by atoms with Crippen LogP contribution >= 0.6 is 0 Å². The van der Waals surface area contributed by atoms with E-state index in [2.05, 4.69) is 0 Å². The summed E-state index contributed by atoms with van der Waals surface area (Å²) in [5.41, 5.74) is -6.36. The Kier molecular flexibility index (Phi) is 17.9. The van der Waals surface area contributed by atoms with Crippen LogP contribution in [0.3, 0.4) is 0 Å². The van der Waals surface area contributed by atoms with Gasteiger partial charge in [-0.25, -0.2) is 0 Å². The summed E-state index contributed by atoms with van der Waals surface area (Å²) in [5, 5.41) is 9.10. The van der Waals surface area contributed by atoms with Crippen molar-refractivity contribution >= 4 is 46.8 Å². The fourth-order valence-electron chi connectivity index (χ4n) is 9.97. The molecule has 2 aromatic carbocycles. The molecule has 0 saturated heterocycles. The summed E-state index contributed by atoms with van der Waals surface area (Å²) in [4.78, 5) is 82.2. The van der Waals surface area contributed by atoms with Crippen molar-refractivity contribution in [3.05, 3.63) is 46.5 Å². The van der Waals surface area contributed by atoms with Gasteiger partial charge in [0.2, 0.25) is 0 Å². The van der Waals surface area contributed by atoms with Crippen LogP contribution in [-0.4, -0.2) is 105 Å². The van der Waals surface area contributed by atoms with E-state index in [0.29, 0.717) is 0 Å². The molecule has 0 atom stereocenters. The molecule has 0 aromatic heterocycles. The Labute approximate surface area is 410 Å². The van der Waals surface area contributed by atoms with E-state index in [9.17, 15) is 59.5 Å². The zero-order valence-corrected chi connectivity index (χ0v) is 41.8. The number of anilines is 2. The van der Waals surface area contributed by atoms with E-state index < -0.39 is 88.5 Å². The van der Waals surface area contributed by atoms with Gasteiger partial charge < -0.3 is 34.2 Å². The van der Waals surface area contributed by atoms with Crippen LogP contribution in [0.1, 0.15) is 177 Å². The minimum atomic E-state index is -4.84. The summed E-state index contributed by atoms with van der Waals surface area (Å²) in [7, 11) is 0. The van der Waals surface area contributed by atoms with Crippen molar-refractivity contribution in [2.75, 3.05) is 29.6 Å². The lowest BCUT2D eigenvalue weighted by atomic mass is 9.92. The molecule has 0 spiro atoms. The van der Waals surface area contributed by atoms with Gasteiger partial charge in [-0.3, -0.25) is 33.2 Å². The lowest BCUT2D eigenvalue weighted by Gasteiger charge is -2.40. The number of carboxylic acids is 1. The number of carbonyl (C=O) groups excluding carboxylic acids is 5. The average molecular weight is 1010 g/mol. The molecule has 13 nitrogen and oxygen atoms in total. The second-order valence-electron chi connectivity index (χ2n) is 20.3. The number of halogens is 7. The largest absolute Gasteiger partial charge is 0.481 e. The first kappa shape index (κ1) is 56.5. The average Bonchev–Trinajstić information content (AvgIpc) is 3.27. The number of fused-ring (bicyclic) bond motifs is 2. The molecule has 20 heteroatoms. The number of aliphatic carboxylic acids is 1. The molecule has 2 aromatic rings. The maximum Gasteiger partial charge on any atom is 0.417 e. The molecule has 0 unspecified atom stereocenters. The van der Waals surface area contributed by atoms with Crippen molar-refractivity contribution in [3.63, 3.8) is 0 Å². The number of Topliss-reactive ketones (excluding diaryl/α,β-unsaturated/α-hetero) is 1. The van der Waals surface area contributed by atoms with Gasteiger partial charge in [-0.2, -0.15) is 26.3 Å². The van der Waals surface area contributed by atoms with Gasteiger partial charge in [-0.05, 0) is 112 Å². The van der Waals surface area contributed by atoms with Crippen molar-refractivity contribution in [1.82, 2.24) is 9.80 Å². The molecule has 6 rings (SSSR count). The van der Waals surface area contributed by atoms with E-state index >= 15 is 0 Å². The zero-order chi connectivity index (χ0) is 53.0. The summed E-state index contributed by atoms with van der Waals surface area (Å²) in [6.45, 7) is 11.8. The molecule has 394 valence electrons. The summed E-state index contributed by atoms with van der Waals surface area (Å²) in [6, 6.07) is 2.67. The number of hydrogen-bond donors (Lipinski definition) is 1. The van der Waals surface area contributed by atoms with Gasteiger partial charge in [0.1, 0.15) is 17.3 Å². The third-order valence-electron chi connectivity index (χ3n) is 13.4. The third kappa shape index (κ3) is 13.2. The van der Waals surface area contributed by atoms with Gasteiger partial charge in [0.05, 0.1) is 46.7 Å². The molecule has 2 aliphatic heterocycles. The summed E-state index contributed by atoms with van der Waals surface area (Å²) in [5.74, 6) is -4.45. The van der Waals surface area contributed by atoms with Crippen molar-refractivity contribution in [3.8, 4) is 11.5 Å². The lowest BCUT2D eigenvalue weighted by Crippen LogP contribution is -2.53. The second kappa shape index (κ2) is 22.6. The van der Waals surface area contributed by atoms with Crippen LogP contribution in [0.2, 0.25) is 0 Å². The molecule has 4 amide bonds. The number of nitrogens with zero attached hydrogens (tertiary/aromatic N) is 4. The van der Waals surface area contributed by atoms with Crippen LogP contribution in [0.15, 0.2) is 24.3 Å². The SMILES string of the molecule is CC(C)N(C(=O)c1cc2c(cc1C(F)(F)F)OC(C)(C)C(=O)N2CCC(=O)CCCF)C1CCCCC1.CC(C)N(C(=O)c1cc2c(cc1C(F)(F)F)OC(C)(C)C(=O)N2CCC(=O)O)C1CCCCC1. The molecule has 2 heterocycles. The van der Waals surface area contributed by atoms with Crippen molar-refractivity contribution in [2.45, 2.75) is 193 Å². The highest BCUT2D eigenvalue weighted by molar-refractivity contribution is 6.06. The van der Waals surface area contributed by atoms with Crippen LogP contribution in [0.4, 0.5) is 42.1 Å². The normalized spacial score (nSPS) is 18.2. The first-order valence-corrected chi connectivity index (χ1v) is 24.5. The van der Waals surface area contributed by atoms with Crippen molar-refractivity contribution in [2.24, 2.45) is 0 Å². The van der Waals surface area contributed by atoms with Gasteiger partial charge in [0, 0.05) is 50.1 Å². The lowest BCUT2D eigenvalue weighted by molar-refractivity contribution is -0.139. The minimum Gasteiger partial charge on any atom is -0.481 e. The predicted octanol–water partition coefficient (Wildman–Crippen LogP) is 11.0. The van der Waals surface area contributed by atoms with Crippen LogP contribution < -0.4 is 19.3 Å². The maximum atomic E-state index is 14.2. The van der Waals surface area contributed by atoms with Gasteiger partial charge in [-0.15, -0.1) is 0 Å². The Balaban J connectivity index is 0.000000265. The number of amides is 4. The number of alkyl halides is 7. The Hall–Kier alpha value is -5.43. The van der Waals surface area contributed by atoms with Crippen LogP contribution in [0, 0.1) is 0 Å². The quantitative estimate of drug-likeness (QED) is 0.172. The number of ether oxygens (including phenoxy) is 2. The fourth-order valence-corrected chi connectivity index (χ4v) is 9.97. The number of carboxylic acid groups (broad SMARTS) is 1. The summed E-state index contributed by atoms with van der Waals surface area (Å²) >= 11 is 0. The topological polar surface area (TPSA) is 154 Å². The molecule has 1 N–H and O–H groups in total. The number of hydrogen-bond acceptors (Lipinski definition) is 8.